The number of rotatable bonds is 0. The molecule has 2 aliphatic heterocycles. The monoisotopic (exact) mass is 155 g/mol. The van der Waals surface area contributed by atoms with E-state index in [1.807, 2.05) is 12.2 Å². The number of alkyl halides is 1. The van der Waals surface area contributed by atoms with E-state index in [1.165, 1.54) is 0 Å². The predicted molar refractivity (Wildman–Crippen MR) is 36.6 cm³/mol. The van der Waals surface area contributed by atoms with Crippen LogP contribution in [-0.2, 0) is 4.74 Å². The molecule has 52 valence electrons. The molecule has 2 aliphatic rings. The molecule has 3 atom stereocenters. The Balaban J connectivity index is 2.33. The molecule has 1 saturated heterocycles. The molecule has 0 aromatic heterocycles. The lowest BCUT2D eigenvalue weighted by Gasteiger charge is -2.15. The Hall–Kier alpha value is -0.520. The Labute approximate surface area is 64.0 Å². The van der Waals surface area contributed by atoms with E-state index < -0.39 is 4.87 Å². The van der Waals surface area contributed by atoms with Gasteiger partial charge in [0.2, 0.25) is 0 Å². The molecule has 3 unspecified atom stereocenters. The van der Waals surface area contributed by atoms with Gasteiger partial charge in [-0.05, 0) is 0 Å². The first kappa shape index (κ1) is 6.21. The molecule has 0 N–H and O–H groups in total. The molecule has 0 radical (unpaired) electrons. The lowest BCUT2D eigenvalue weighted by Crippen LogP contribution is -2.29. The van der Waals surface area contributed by atoms with E-state index >= 15 is 0 Å². The quantitative estimate of drug-likeness (QED) is 0.389. The first-order valence-electron chi connectivity index (χ1n) is 3.18. The number of ether oxygens (including phenoxy) is 1. The summed E-state index contributed by atoms with van der Waals surface area (Å²) >= 11 is 5.91. The van der Waals surface area contributed by atoms with Crippen molar-refractivity contribution in [2.24, 2.45) is 0 Å². The molecule has 2 bridgehead atoms. The van der Waals surface area contributed by atoms with Gasteiger partial charge in [0.05, 0.1) is 12.2 Å². The van der Waals surface area contributed by atoms with Crippen molar-refractivity contribution in [2.45, 2.75) is 23.5 Å². The second-order valence-corrected chi connectivity index (χ2v) is 3.33. The van der Waals surface area contributed by atoms with Crippen LogP contribution in [0.15, 0.2) is 12.2 Å². The molecule has 0 aliphatic carbocycles. The molecule has 2 heterocycles. The third-order valence-electron chi connectivity index (χ3n) is 1.96. The van der Waals surface area contributed by atoms with Crippen molar-refractivity contribution >= 4 is 11.6 Å². The number of halogens is 1. The molecular formula is C7H6ClNO. The summed E-state index contributed by atoms with van der Waals surface area (Å²) in [6, 6.07) is 2.06. The zero-order valence-corrected chi connectivity index (χ0v) is 6.01. The highest BCUT2D eigenvalue weighted by molar-refractivity contribution is 6.26. The SMILES string of the molecule is N#CC1(Cl)CC2C=CC1O2. The van der Waals surface area contributed by atoms with Gasteiger partial charge in [-0.3, -0.25) is 0 Å². The molecule has 3 heteroatoms. The highest BCUT2D eigenvalue weighted by Crippen LogP contribution is 2.41. The first-order valence-corrected chi connectivity index (χ1v) is 3.56. The summed E-state index contributed by atoms with van der Waals surface area (Å²) in [4.78, 5) is -0.778. The third-order valence-corrected chi connectivity index (χ3v) is 2.41. The van der Waals surface area contributed by atoms with Crippen molar-refractivity contribution in [3.63, 3.8) is 0 Å². The van der Waals surface area contributed by atoms with Crippen LogP contribution in [0.25, 0.3) is 0 Å². The summed E-state index contributed by atoms with van der Waals surface area (Å²) in [5.41, 5.74) is 0. The van der Waals surface area contributed by atoms with E-state index in [0.29, 0.717) is 6.42 Å². The van der Waals surface area contributed by atoms with Crippen LogP contribution in [0.2, 0.25) is 0 Å². The Bertz CT molecular complexity index is 232. The fraction of sp³-hybridized carbons (Fsp3) is 0.571. The summed E-state index contributed by atoms with van der Waals surface area (Å²) in [5.74, 6) is 0. The Morgan fingerprint density at radius 2 is 2.50 bits per heavy atom. The lowest BCUT2D eigenvalue weighted by molar-refractivity contribution is 0.117. The standard InChI is InChI=1S/C7H6ClNO/c8-7(4-9)3-5-1-2-6(7)10-5/h1-2,5-6H,3H2. The summed E-state index contributed by atoms with van der Waals surface area (Å²) in [6.07, 6.45) is 4.37. The minimum absolute atomic E-state index is 0.0853. The van der Waals surface area contributed by atoms with Crippen LogP contribution in [0, 0.1) is 11.3 Å². The van der Waals surface area contributed by atoms with Crippen LogP contribution >= 0.6 is 11.6 Å². The normalized spacial score (nSPS) is 49.6. The van der Waals surface area contributed by atoms with Crippen molar-refractivity contribution in [1.82, 2.24) is 0 Å². The maximum atomic E-state index is 8.65. The average Bonchev–Trinajstić information content (AvgIpc) is 2.46. The molecule has 0 aromatic rings. The Morgan fingerprint density at radius 1 is 1.70 bits per heavy atom. The molecule has 2 nitrogen and oxygen atoms in total. The maximum absolute atomic E-state index is 8.65. The topological polar surface area (TPSA) is 33.0 Å². The largest absolute Gasteiger partial charge is 0.364 e. The van der Waals surface area contributed by atoms with Gasteiger partial charge < -0.3 is 4.74 Å². The summed E-state index contributed by atoms with van der Waals surface area (Å²) in [6.45, 7) is 0. The van der Waals surface area contributed by atoms with E-state index in [2.05, 4.69) is 6.07 Å². The van der Waals surface area contributed by atoms with Crippen LogP contribution in [0.5, 0.6) is 0 Å². The van der Waals surface area contributed by atoms with Crippen LogP contribution in [0.3, 0.4) is 0 Å². The predicted octanol–water partition coefficient (Wildman–Crippen LogP) is 1.21. The molecule has 2 rings (SSSR count). The Morgan fingerprint density at radius 3 is 2.80 bits per heavy atom. The lowest BCUT2D eigenvalue weighted by atomic mass is 9.95. The van der Waals surface area contributed by atoms with Crippen molar-refractivity contribution < 1.29 is 4.74 Å². The molecular weight excluding hydrogens is 150 g/mol. The number of nitriles is 1. The molecule has 10 heavy (non-hydrogen) atoms. The zero-order chi connectivity index (χ0) is 7.19. The van der Waals surface area contributed by atoms with E-state index in [-0.39, 0.29) is 12.2 Å². The van der Waals surface area contributed by atoms with Gasteiger partial charge in [0.25, 0.3) is 0 Å². The maximum Gasteiger partial charge on any atom is 0.163 e. The van der Waals surface area contributed by atoms with Crippen LogP contribution in [0.1, 0.15) is 6.42 Å². The van der Waals surface area contributed by atoms with Crippen molar-refractivity contribution in [2.75, 3.05) is 0 Å². The van der Waals surface area contributed by atoms with Gasteiger partial charge in [0.15, 0.2) is 4.87 Å². The van der Waals surface area contributed by atoms with Gasteiger partial charge in [0, 0.05) is 6.42 Å². The molecule has 0 saturated carbocycles. The summed E-state index contributed by atoms with van der Waals surface area (Å²) in [7, 11) is 0. The molecule has 1 fully saturated rings. The fourth-order valence-electron chi connectivity index (χ4n) is 1.40. The third kappa shape index (κ3) is 0.622. The van der Waals surface area contributed by atoms with E-state index in [0.717, 1.165) is 0 Å². The van der Waals surface area contributed by atoms with Crippen LogP contribution < -0.4 is 0 Å². The zero-order valence-electron chi connectivity index (χ0n) is 5.25. The van der Waals surface area contributed by atoms with E-state index in [1.54, 1.807) is 0 Å². The highest BCUT2D eigenvalue weighted by Gasteiger charge is 2.49. The van der Waals surface area contributed by atoms with Gasteiger partial charge >= 0.3 is 0 Å². The summed E-state index contributed by atoms with van der Waals surface area (Å²) in [5, 5.41) is 8.65. The van der Waals surface area contributed by atoms with Gasteiger partial charge in [-0.25, -0.2) is 0 Å². The fourth-order valence-corrected chi connectivity index (χ4v) is 1.67. The highest BCUT2D eigenvalue weighted by atomic mass is 35.5. The van der Waals surface area contributed by atoms with E-state index in [4.69, 9.17) is 21.6 Å². The number of hydrogen-bond acceptors (Lipinski definition) is 2. The second-order valence-electron chi connectivity index (χ2n) is 2.66. The number of fused-ring (bicyclic) bond motifs is 2. The van der Waals surface area contributed by atoms with Crippen molar-refractivity contribution in [3.05, 3.63) is 12.2 Å². The second kappa shape index (κ2) is 1.75. The molecule has 0 spiro atoms. The van der Waals surface area contributed by atoms with Crippen molar-refractivity contribution in [1.29, 1.82) is 5.26 Å². The number of nitrogens with zero attached hydrogens (tertiary/aromatic N) is 1. The minimum atomic E-state index is -0.778. The van der Waals surface area contributed by atoms with E-state index in [9.17, 15) is 0 Å². The van der Waals surface area contributed by atoms with Crippen LogP contribution in [-0.4, -0.2) is 17.1 Å². The van der Waals surface area contributed by atoms with Gasteiger partial charge in [0.1, 0.15) is 6.10 Å². The first-order chi connectivity index (χ1) is 4.74. The van der Waals surface area contributed by atoms with Gasteiger partial charge in [-0.2, -0.15) is 5.26 Å². The summed E-state index contributed by atoms with van der Waals surface area (Å²) < 4.78 is 5.31. The van der Waals surface area contributed by atoms with Crippen molar-refractivity contribution in [3.8, 4) is 6.07 Å². The minimum Gasteiger partial charge on any atom is -0.364 e. The number of hydrogen-bond donors (Lipinski definition) is 0. The molecule has 0 amide bonds. The smallest absolute Gasteiger partial charge is 0.163 e. The molecule has 0 aromatic carbocycles. The Kier molecular flexibility index (Phi) is 1.08. The average molecular weight is 156 g/mol. The van der Waals surface area contributed by atoms with Gasteiger partial charge in [-0.15, -0.1) is 0 Å². The van der Waals surface area contributed by atoms with Gasteiger partial charge in [-0.1, -0.05) is 23.8 Å². The van der Waals surface area contributed by atoms with Crippen LogP contribution in [0.4, 0.5) is 0 Å².